The number of nitrogens with zero attached hydrogens (tertiary/aromatic N) is 1. The second-order valence-corrected chi connectivity index (χ2v) is 3.41. The first-order chi connectivity index (χ1) is 6.94. The van der Waals surface area contributed by atoms with Crippen molar-refractivity contribution in [3.8, 4) is 0 Å². The molecule has 0 saturated heterocycles. The van der Waals surface area contributed by atoms with E-state index in [1.807, 2.05) is 6.92 Å². The van der Waals surface area contributed by atoms with E-state index in [4.69, 9.17) is 0 Å². The minimum atomic E-state index is -3.08. The summed E-state index contributed by atoms with van der Waals surface area (Å²) >= 11 is 0. The lowest BCUT2D eigenvalue weighted by molar-refractivity contribution is -0.0106. The molecule has 0 aliphatic rings. The van der Waals surface area contributed by atoms with Crippen LogP contribution < -0.4 is 5.56 Å². The van der Waals surface area contributed by atoms with Crippen LogP contribution in [0.2, 0.25) is 0 Å². The first-order valence-electron chi connectivity index (χ1n) is 4.90. The first kappa shape index (κ1) is 11.8. The van der Waals surface area contributed by atoms with E-state index in [9.17, 15) is 13.6 Å². The van der Waals surface area contributed by atoms with Crippen LogP contribution in [0, 0.1) is 6.92 Å². The molecule has 0 amide bonds. The van der Waals surface area contributed by atoms with Crippen molar-refractivity contribution in [2.24, 2.45) is 0 Å². The van der Waals surface area contributed by atoms with Gasteiger partial charge in [0.1, 0.15) is 0 Å². The van der Waals surface area contributed by atoms with Crippen LogP contribution in [0.5, 0.6) is 0 Å². The summed E-state index contributed by atoms with van der Waals surface area (Å²) < 4.78 is 27.0. The van der Waals surface area contributed by atoms with E-state index in [1.54, 1.807) is 0 Å². The molecule has 15 heavy (non-hydrogen) atoms. The zero-order valence-electron chi connectivity index (χ0n) is 9.03. The Kier molecular flexibility index (Phi) is 3.21. The molecule has 0 aromatic carbocycles. The summed E-state index contributed by atoms with van der Waals surface area (Å²) in [5.74, 6) is -3.08. The minimum Gasteiger partial charge on any atom is -0.267 e. The quantitative estimate of drug-likeness (QED) is 0.841. The average Bonchev–Trinajstić information content (AvgIpc) is 2.18. The fourth-order valence-electron chi connectivity index (χ4n) is 1.53. The number of nitrogens with one attached hydrogen (secondary N) is 1. The Balaban J connectivity index is 3.46. The van der Waals surface area contributed by atoms with Gasteiger partial charge in [0, 0.05) is 6.42 Å². The van der Waals surface area contributed by atoms with E-state index in [2.05, 4.69) is 10.2 Å². The Bertz CT molecular complexity index is 412. The van der Waals surface area contributed by atoms with Gasteiger partial charge in [0.2, 0.25) is 0 Å². The average molecular weight is 216 g/mol. The third-order valence-electron chi connectivity index (χ3n) is 2.47. The van der Waals surface area contributed by atoms with Crippen LogP contribution in [-0.4, -0.2) is 10.2 Å². The van der Waals surface area contributed by atoms with Crippen LogP contribution in [0.3, 0.4) is 0 Å². The molecule has 1 N–H and O–H groups in total. The van der Waals surface area contributed by atoms with Crippen LogP contribution in [-0.2, 0) is 12.3 Å². The van der Waals surface area contributed by atoms with Gasteiger partial charge in [-0.15, -0.1) is 0 Å². The Morgan fingerprint density at radius 3 is 2.47 bits per heavy atom. The Hall–Kier alpha value is -1.26. The summed E-state index contributed by atoms with van der Waals surface area (Å²) in [7, 11) is 0. The van der Waals surface area contributed by atoms with Gasteiger partial charge in [-0.05, 0) is 18.9 Å². The monoisotopic (exact) mass is 216 g/mol. The van der Waals surface area contributed by atoms with Crippen LogP contribution >= 0.6 is 0 Å². The molecule has 0 atom stereocenters. The van der Waals surface area contributed by atoms with Crippen LogP contribution in [0.4, 0.5) is 8.78 Å². The van der Waals surface area contributed by atoms with Gasteiger partial charge in [-0.2, -0.15) is 5.10 Å². The van der Waals surface area contributed by atoms with Gasteiger partial charge in [-0.1, -0.05) is 13.8 Å². The van der Waals surface area contributed by atoms with Crippen molar-refractivity contribution in [3.05, 3.63) is 27.2 Å². The Labute approximate surface area is 86.5 Å². The molecule has 0 bridgehead atoms. The predicted molar refractivity (Wildman–Crippen MR) is 53.2 cm³/mol. The zero-order chi connectivity index (χ0) is 11.6. The number of aromatic amines is 1. The highest BCUT2D eigenvalue weighted by Gasteiger charge is 2.34. The number of H-pyrrole nitrogens is 1. The van der Waals surface area contributed by atoms with Crippen molar-refractivity contribution in [1.82, 2.24) is 10.2 Å². The molecule has 1 aromatic rings. The van der Waals surface area contributed by atoms with E-state index < -0.39 is 17.0 Å². The molecule has 1 heterocycles. The lowest BCUT2D eigenvalue weighted by Crippen LogP contribution is -2.28. The van der Waals surface area contributed by atoms with Crippen molar-refractivity contribution in [2.75, 3.05) is 0 Å². The number of aryl methyl sites for hydroxylation is 1. The fraction of sp³-hybridized carbons (Fsp3) is 0.600. The second kappa shape index (κ2) is 4.08. The first-order valence-corrected chi connectivity index (χ1v) is 4.90. The van der Waals surface area contributed by atoms with E-state index >= 15 is 0 Å². The number of hydrogen-bond acceptors (Lipinski definition) is 2. The number of halogens is 2. The summed E-state index contributed by atoms with van der Waals surface area (Å²) in [6.45, 7) is 4.67. The van der Waals surface area contributed by atoms with Crippen molar-refractivity contribution in [3.63, 3.8) is 0 Å². The summed E-state index contributed by atoms with van der Waals surface area (Å²) in [5.41, 5.74) is -0.431. The largest absolute Gasteiger partial charge is 0.278 e. The van der Waals surface area contributed by atoms with E-state index in [0.717, 1.165) is 0 Å². The molecule has 0 radical (unpaired) electrons. The molecule has 1 rings (SSSR count). The lowest BCUT2D eigenvalue weighted by Gasteiger charge is -2.16. The molecular formula is C10H14F2N2O. The molecule has 0 unspecified atom stereocenters. The van der Waals surface area contributed by atoms with Crippen LogP contribution in [0.1, 0.15) is 37.1 Å². The number of hydrogen-bond donors (Lipinski definition) is 1. The van der Waals surface area contributed by atoms with Gasteiger partial charge < -0.3 is 0 Å². The van der Waals surface area contributed by atoms with Gasteiger partial charge in [0.25, 0.3) is 11.5 Å². The molecule has 0 aliphatic carbocycles. The van der Waals surface area contributed by atoms with Gasteiger partial charge in [0.15, 0.2) is 0 Å². The van der Waals surface area contributed by atoms with E-state index in [1.165, 1.54) is 13.8 Å². The van der Waals surface area contributed by atoms with E-state index in [-0.39, 0.29) is 6.42 Å². The maximum atomic E-state index is 13.5. The summed E-state index contributed by atoms with van der Waals surface area (Å²) in [6.07, 6.45) is 0.138. The molecule has 0 aliphatic heterocycles. The highest BCUT2D eigenvalue weighted by molar-refractivity contribution is 5.30. The molecule has 0 saturated carbocycles. The maximum Gasteiger partial charge on any atom is 0.278 e. The molecule has 84 valence electrons. The second-order valence-electron chi connectivity index (χ2n) is 3.41. The topological polar surface area (TPSA) is 45.8 Å². The normalized spacial score (nSPS) is 11.8. The summed E-state index contributed by atoms with van der Waals surface area (Å²) in [6, 6.07) is 0. The van der Waals surface area contributed by atoms with Crippen molar-refractivity contribution in [1.29, 1.82) is 0 Å². The smallest absolute Gasteiger partial charge is 0.267 e. The van der Waals surface area contributed by atoms with Crippen molar-refractivity contribution >= 4 is 0 Å². The number of alkyl halides is 2. The standard InChI is InChI=1S/C10H14F2N2O/c1-4-7-6(3)8(9(15)14-13-7)10(11,12)5-2/h4-5H2,1-3H3,(H,14,15). The van der Waals surface area contributed by atoms with E-state index in [0.29, 0.717) is 17.7 Å². The third kappa shape index (κ3) is 2.06. The maximum absolute atomic E-state index is 13.5. The SMILES string of the molecule is CCc1n[nH]c(=O)c(C(F)(F)CC)c1C. The molecule has 1 aromatic heterocycles. The lowest BCUT2D eigenvalue weighted by atomic mass is 10.0. The van der Waals surface area contributed by atoms with Crippen molar-refractivity contribution in [2.45, 2.75) is 39.5 Å². The van der Waals surface area contributed by atoms with Crippen LogP contribution in [0.15, 0.2) is 4.79 Å². The molecule has 5 heteroatoms. The van der Waals surface area contributed by atoms with Gasteiger partial charge >= 0.3 is 0 Å². The van der Waals surface area contributed by atoms with Gasteiger partial charge in [-0.3, -0.25) is 4.79 Å². The van der Waals surface area contributed by atoms with Gasteiger partial charge in [0.05, 0.1) is 11.3 Å². The summed E-state index contributed by atoms with van der Waals surface area (Å²) in [4.78, 5) is 11.3. The van der Waals surface area contributed by atoms with Crippen LogP contribution in [0.25, 0.3) is 0 Å². The molecule has 3 nitrogen and oxygen atoms in total. The highest BCUT2D eigenvalue weighted by atomic mass is 19.3. The third-order valence-corrected chi connectivity index (χ3v) is 2.47. The fourth-order valence-corrected chi connectivity index (χ4v) is 1.53. The Morgan fingerprint density at radius 1 is 1.40 bits per heavy atom. The molecule has 0 spiro atoms. The Morgan fingerprint density at radius 2 is 2.00 bits per heavy atom. The highest BCUT2D eigenvalue weighted by Crippen LogP contribution is 2.31. The van der Waals surface area contributed by atoms with Gasteiger partial charge in [-0.25, -0.2) is 13.9 Å². The number of aromatic nitrogens is 2. The molecular weight excluding hydrogens is 202 g/mol. The predicted octanol–water partition coefficient (Wildman–Crippen LogP) is 2.14. The number of rotatable bonds is 3. The summed E-state index contributed by atoms with van der Waals surface area (Å²) in [5, 5.41) is 5.85. The van der Waals surface area contributed by atoms with Crippen molar-refractivity contribution < 1.29 is 8.78 Å². The zero-order valence-corrected chi connectivity index (χ0v) is 9.03. The minimum absolute atomic E-state index is 0.299. The molecule has 0 fully saturated rings.